The lowest BCUT2D eigenvalue weighted by Gasteiger charge is -2.14. The fraction of sp³-hybridized carbons (Fsp3) is 0.316. The van der Waals surface area contributed by atoms with E-state index >= 15 is 0 Å². The first-order valence-corrected chi connectivity index (χ1v) is 9.18. The SMILES string of the molecule is CC(C)CNC(=O)[C@H](C)OC(=O)c1ccc(NC(=O)c2cccs2)cc1. The molecule has 0 radical (unpaired) electrons. The van der Waals surface area contributed by atoms with Crippen LogP contribution in [-0.4, -0.2) is 30.4 Å². The number of carbonyl (C=O) groups excluding carboxylic acids is 3. The lowest BCUT2D eigenvalue weighted by atomic mass is 10.2. The van der Waals surface area contributed by atoms with Crippen LogP contribution < -0.4 is 10.6 Å². The van der Waals surface area contributed by atoms with Crippen LogP contribution in [0.2, 0.25) is 0 Å². The fourth-order valence-electron chi connectivity index (χ4n) is 2.02. The van der Waals surface area contributed by atoms with E-state index in [1.165, 1.54) is 18.3 Å². The van der Waals surface area contributed by atoms with E-state index in [9.17, 15) is 14.4 Å². The van der Waals surface area contributed by atoms with Crippen LogP contribution in [0.15, 0.2) is 41.8 Å². The zero-order chi connectivity index (χ0) is 19.1. The van der Waals surface area contributed by atoms with E-state index in [2.05, 4.69) is 10.6 Å². The molecule has 1 atom stereocenters. The molecule has 0 unspecified atom stereocenters. The van der Waals surface area contributed by atoms with E-state index in [1.54, 1.807) is 36.4 Å². The lowest BCUT2D eigenvalue weighted by Crippen LogP contribution is -2.37. The Labute approximate surface area is 156 Å². The monoisotopic (exact) mass is 374 g/mol. The highest BCUT2D eigenvalue weighted by Gasteiger charge is 2.19. The quantitative estimate of drug-likeness (QED) is 0.728. The molecule has 0 aliphatic carbocycles. The van der Waals surface area contributed by atoms with Gasteiger partial charge in [-0.3, -0.25) is 9.59 Å². The maximum absolute atomic E-state index is 12.1. The molecule has 2 amide bonds. The topological polar surface area (TPSA) is 84.5 Å². The minimum atomic E-state index is -0.876. The molecule has 0 aliphatic rings. The molecule has 0 aliphatic heterocycles. The Balaban J connectivity index is 1.89. The minimum absolute atomic E-state index is 0.203. The summed E-state index contributed by atoms with van der Waals surface area (Å²) in [6, 6.07) is 9.86. The molecule has 138 valence electrons. The number of anilines is 1. The van der Waals surface area contributed by atoms with Crippen LogP contribution in [-0.2, 0) is 9.53 Å². The zero-order valence-corrected chi connectivity index (χ0v) is 15.8. The second-order valence-corrected chi connectivity index (χ2v) is 7.14. The van der Waals surface area contributed by atoms with Gasteiger partial charge in [0.2, 0.25) is 0 Å². The van der Waals surface area contributed by atoms with Gasteiger partial charge in [0.25, 0.3) is 11.8 Å². The standard InChI is InChI=1S/C19H22N2O4S/c1-12(2)11-20-17(22)13(3)25-19(24)14-6-8-15(9-7-14)21-18(23)16-5-4-10-26-16/h4-10,12-13H,11H2,1-3H3,(H,20,22)(H,21,23)/t13-/m0/s1. The first kappa shape index (κ1) is 19.7. The van der Waals surface area contributed by atoms with Crippen molar-refractivity contribution in [2.75, 3.05) is 11.9 Å². The Morgan fingerprint density at radius 3 is 2.35 bits per heavy atom. The number of esters is 1. The molecular formula is C19H22N2O4S. The Morgan fingerprint density at radius 1 is 1.08 bits per heavy atom. The molecule has 2 rings (SSSR count). The average Bonchev–Trinajstić information content (AvgIpc) is 3.14. The largest absolute Gasteiger partial charge is 0.449 e. The molecule has 1 aromatic carbocycles. The molecule has 6 nitrogen and oxygen atoms in total. The predicted molar refractivity (Wildman–Crippen MR) is 101 cm³/mol. The summed E-state index contributed by atoms with van der Waals surface area (Å²) in [4.78, 5) is 36.6. The zero-order valence-electron chi connectivity index (χ0n) is 14.9. The molecule has 26 heavy (non-hydrogen) atoms. The van der Waals surface area contributed by atoms with E-state index in [0.29, 0.717) is 28.6 Å². The smallest absolute Gasteiger partial charge is 0.338 e. The van der Waals surface area contributed by atoms with Gasteiger partial charge in [-0.2, -0.15) is 0 Å². The van der Waals surface area contributed by atoms with Crippen LogP contribution in [0.4, 0.5) is 5.69 Å². The van der Waals surface area contributed by atoms with Gasteiger partial charge in [-0.05, 0) is 48.6 Å². The van der Waals surface area contributed by atoms with Crippen LogP contribution in [0.25, 0.3) is 0 Å². The number of amides is 2. The summed E-state index contributed by atoms with van der Waals surface area (Å²) < 4.78 is 5.17. The maximum atomic E-state index is 12.1. The van der Waals surface area contributed by atoms with Gasteiger partial charge in [-0.15, -0.1) is 11.3 Å². The third-order valence-corrected chi connectivity index (χ3v) is 4.33. The highest BCUT2D eigenvalue weighted by atomic mass is 32.1. The van der Waals surface area contributed by atoms with Gasteiger partial charge in [0.05, 0.1) is 10.4 Å². The number of thiophene rings is 1. The molecule has 1 aromatic heterocycles. The molecule has 0 fully saturated rings. The van der Waals surface area contributed by atoms with E-state index in [-0.39, 0.29) is 11.8 Å². The van der Waals surface area contributed by atoms with E-state index < -0.39 is 12.1 Å². The van der Waals surface area contributed by atoms with Crippen LogP contribution >= 0.6 is 11.3 Å². The normalized spacial score (nSPS) is 11.7. The van der Waals surface area contributed by atoms with Gasteiger partial charge < -0.3 is 15.4 Å². The third kappa shape index (κ3) is 5.70. The molecule has 7 heteroatoms. The van der Waals surface area contributed by atoms with Gasteiger partial charge in [0.15, 0.2) is 6.10 Å². The third-order valence-electron chi connectivity index (χ3n) is 3.46. The molecule has 0 spiro atoms. The summed E-state index contributed by atoms with van der Waals surface area (Å²) in [7, 11) is 0. The Kier molecular flexibility index (Phi) is 6.91. The van der Waals surface area contributed by atoms with Crippen molar-refractivity contribution in [3.8, 4) is 0 Å². The van der Waals surface area contributed by atoms with Gasteiger partial charge >= 0.3 is 5.97 Å². The maximum Gasteiger partial charge on any atom is 0.338 e. The highest BCUT2D eigenvalue weighted by Crippen LogP contribution is 2.15. The Morgan fingerprint density at radius 2 is 1.77 bits per heavy atom. The minimum Gasteiger partial charge on any atom is -0.449 e. The second-order valence-electron chi connectivity index (χ2n) is 6.20. The number of nitrogens with one attached hydrogen (secondary N) is 2. The van der Waals surface area contributed by atoms with Gasteiger partial charge in [0.1, 0.15) is 0 Å². The predicted octanol–water partition coefficient (Wildman–Crippen LogP) is 3.32. The molecule has 2 aromatic rings. The first-order chi connectivity index (χ1) is 12.4. The van der Waals surface area contributed by atoms with Crippen molar-refractivity contribution in [2.24, 2.45) is 5.92 Å². The van der Waals surface area contributed by atoms with E-state index in [4.69, 9.17) is 4.74 Å². The summed E-state index contributed by atoms with van der Waals surface area (Å²) in [6.07, 6.45) is -0.876. The Hall–Kier alpha value is -2.67. The summed E-state index contributed by atoms with van der Waals surface area (Å²) in [6.45, 7) is 6.02. The van der Waals surface area contributed by atoms with Crippen molar-refractivity contribution >= 4 is 34.8 Å². The van der Waals surface area contributed by atoms with Gasteiger partial charge in [-0.25, -0.2) is 4.79 Å². The number of rotatable bonds is 7. The number of carbonyl (C=O) groups is 3. The molecule has 0 saturated carbocycles. The summed E-state index contributed by atoms with van der Waals surface area (Å²) in [5, 5.41) is 7.30. The van der Waals surface area contributed by atoms with Crippen molar-refractivity contribution in [3.63, 3.8) is 0 Å². The molecular weight excluding hydrogens is 352 g/mol. The average molecular weight is 374 g/mol. The van der Waals surface area contributed by atoms with Crippen molar-refractivity contribution in [2.45, 2.75) is 26.9 Å². The van der Waals surface area contributed by atoms with Crippen molar-refractivity contribution in [1.82, 2.24) is 5.32 Å². The van der Waals surface area contributed by atoms with Gasteiger partial charge in [-0.1, -0.05) is 19.9 Å². The summed E-state index contributed by atoms with van der Waals surface area (Å²) in [5.74, 6) is -0.801. The summed E-state index contributed by atoms with van der Waals surface area (Å²) in [5.41, 5.74) is 0.880. The fourth-order valence-corrected chi connectivity index (χ4v) is 2.64. The highest BCUT2D eigenvalue weighted by molar-refractivity contribution is 7.12. The van der Waals surface area contributed by atoms with Crippen LogP contribution in [0.5, 0.6) is 0 Å². The van der Waals surface area contributed by atoms with Crippen molar-refractivity contribution < 1.29 is 19.1 Å². The van der Waals surface area contributed by atoms with Crippen LogP contribution in [0.3, 0.4) is 0 Å². The van der Waals surface area contributed by atoms with Crippen LogP contribution in [0, 0.1) is 5.92 Å². The number of benzene rings is 1. The number of hydrogen-bond acceptors (Lipinski definition) is 5. The van der Waals surface area contributed by atoms with Crippen molar-refractivity contribution in [3.05, 3.63) is 52.2 Å². The first-order valence-electron chi connectivity index (χ1n) is 8.30. The van der Waals surface area contributed by atoms with Crippen LogP contribution in [0.1, 0.15) is 40.8 Å². The molecule has 2 N–H and O–H groups in total. The van der Waals surface area contributed by atoms with Crippen molar-refractivity contribution in [1.29, 1.82) is 0 Å². The van der Waals surface area contributed by atoms with E-state index in [1.807, 2.05) is 19.2 Å². The second kappa shape index (κ2) is 9.15. The molecule has 0 saturated heterocycles. The molecule has 0 bridgehead atoms. The summed E-state index contributed by atoms with van der Waals surface area (Å²) >= 11 is 1.35. The lowest BCUT2D eigenvalue weighted by molar-refractivity contribution is -0.129. The van der Waals surface area contributed by atoms with E-state index in [0.717, 1.165) is 0 Å². The Bertz CT molecular complexity index is 754. The number of ether oxygens (including phenoxy) is 1. The molecule has 1 heterocycles. The number of hydrogen-bond donors (Lipinski definition) is 2. The van der Waals surface area contributed by atoms with Gasteiger partial charge in [0, 0.05) is 12.2 Å².